The Hall–Kier alpha value is -0.850. The van der Waals surface area contributed by atoms with Gasteiger partial charge in [-0.3, -0.25) is 9.59 Å². The summed E-state index contributed by atoms with van der Waals surface area (Å²) in [5, 5.41) is 0. The van der Waals surface area contributed by atoms with Crippen LogP contribution in [0.3, 0.4) is 0 Å². The number of hydrogen-bond donors (Lipinski definition) is 1. The van der Waals surface area contributed by atoms with Crippen LogP contribution in [0.25, 0.3) is 0 Å². The van der Waals surface area contributed by atoms with E-state index in [4.69, 9.17) is 10.5 Å². The van der Waals surface area contributed by atoms with Gasteiger partial charge >= 0.3 is 0 Å². The molecule has 0 aliphatic carbocycles. The van der Waals surface area contributed by atoms with Gasteiger partial charge in [-0.2, -0.15) is 0 Å². The Labute approximate surface area is 151 Å². The molecular formula is C17H32ClN3O3. The molecule has 0 aromatic carbocycles. The lowest BCUT2D eigenvalue weighted by molar-refractivity contribution is -0.147. The van der Waals surface area contributed by atoms with Crippen molar-refractivity contribution in [2.75, 3.05) is 32.8 Å². The number of carbonyl (C=O) groups excluding carboxylic acids is 2. The van der Waals surface area contributed by atoms with Crippen LogP contribution in [0.2, 0.25) is 0 Å². The van der Waals surface area contributed by atoms with Gasteiger partial charge in [-0.25, -0.2) is 0 Å². The Morgan fingerprint density at radius 3 is 2.46 bits per heavy atom. The molecule has 1 unspecified atom stereocenters. The number of amides is 2. The van der Waals surface area contributed by atoms with Gasteiger partial charge in [0.15, 0.2) is 0 Å². The van der Waals surface area contributed by atoms with Crippen LogP contribution < -0.4 is 5.73 Å². The molecule has 2 heterocycles. The SMILES string of the molecule is CC(C)C(C(=O)N1CCC(OCCCN)CC1)N1CCCC1=O.Cl. The highest BCUT2D eigenvalue weighted by Gasteiger charge is 2.38. The third kappa shape index (κ3) is 5.33. The second kappa shape index (κ2) is 10.2. The summed E-state index contributed by atoms with van der Waals surface area (Å²) < 4.78 is 5.79. The maximum Gasteiger partial charge on any atom is 0.245 e. The summed E-state index contributed by atoms with van der Waals surface area (Å²) in [6.07, 6.45) is 4.30. The van der Waals surface area contributed by atoms with Crippen molar-refractivity contribution in [3.8, 4) is 0 Å². The van der Waals surface area contributed by atoms with Gasteiger partial charge in [0.05, 0.1) is 6.10 Å². The molecule has 0 spiro atoms. The molecule has 6 nitrogen and oxygen atoms in total. The molecule has 7 heteroatoms. The van der Waals surface area contributed by atoms with Crippen molar-refractivity contribution in [1.29, 1.82) is 0 Å². The van der Waals surface area contributed by atoms with Gasteiger partial charge in [0.1, 0.15) is 6.04 Å². The Bertz CT molecular complexity index is 412. The Morgan fingerprint density at radius 1 is 1.29 bits per heavy atom. The third-order valence-corrected chi connectivity index (χ3v) is 4.79. The lowest BCUT2D eigenvalue weighted by atomic mass is 9.99. The largest absolute Gasteiger partial charge is 0.378 e. The number of carbonyl (C=O) groups is 2. The van der Waals surface area contributed by atoms with E-state index in [-0.39, 0.29) is 42.3 Å². The lowest BCUT2D eigenvalue weighted by Crippen LogP contribution is -2.54. The quantitative estimate of drug-likeness (QED) is 0.696. The Morgan fingerprint density at radius 2 is 1.96 bits per heavy atom. The molecule has 24 heavy (non-hydrogen) atoms. The molecule has 0 aromatic rings. The second-order valence-corrected chi connectivity index (χ2v) is 6.92. The molecule has 2 saturated heterocycles. The summed E-state index contributed by atoms with van der Waals surface area (Å²) in [5.74, 6) is 0.371. The van der Waals surface area contributed by atoms with Crippen LogP contribution in [-0.4, -0.2) is 66.5 Å². The zero-order valence-electron chi connectivity index (χ0n) is 14.9. The van der Waals surface area contributed by atoms with Gasteiger partial charge < -0.3 is 20.3 Å². The molecule has 2 aliphatic heterocycles. The number of halogens is 1. The van der Waals surface area contributed by atoms with E-state index >= 15 is 0 Å². The normalized spacial score (nSPS) is 20.4. The lowest BCUT2D eigenvalue weighted by Gasteiger charge is -2.38. The molecule has 2 amide bonds. The summed E-state index contributed by atoms with van der Waals surface area (Å²) in [6, 6.07) is -0.306. The van der Waals surface area contributed by atoms with Gasteiger partial charge in [0.25, 0.3) is 0 Å². The van der Waals surface area contributed by atoms with Gasteiger partial charge in [-0.05, 0) is 38.1 Å². The topological polar surface area (TPSA) is 75.9 Å². The van der Waals surface area contributed by atoms with Gasteiger partial charge in [0, 0.05) is 32.7 Å². The number of nitrogens with two attached hydrogens (primary N) is 1. The van der Waals surface area contributed by atoms with E-state index in [1.807, 2.05) is 18.7 Å². The van der Waals surface area contributed by atoms with Crippen molar-refractivity contribution in [2.45, 2.75) is 58.1 Å². The fourth-order valence-corrected chi connectivity index (χ4v) is 3.50. The van der Waals surface area contributed by atoms with Crippen LogP contribution in [0.5, 0.6) is 0 Å². The zero-order chi connectivity index (χ0) is 16.8. The van der Waals surface area contributed by atoms with Crippen LogP contribution >= 0.6 is 12.4 Å². The minimum atomic E-state index is -0.306. The Balaban J connectivity index is 0.00000288. The van der Waals surface area contributed by atoms with Crippen LogP contribution in [0.4, 0.5) is 0 Å². The molecule has 1 atom stereocenters. The van der Waals surface area contributed by atoms with E-state index in [0.29, 0.717) is 26.1 Å². The van der Waals surface area contributed by atoms with E-state index in [1.54, 1.807) is 4.90 Å². The third-order valence-electron chi connectivity index (χ3n) is 4.79. The minimum Gasteiger partial charge on any atom is -0.378 e. The molecular weight excluding hydrogens is 330 g/mol. The smallest absolute Gasteiger partial charge is 0.245 e. The van der Waals surface area contributed by atoms with E-state index in [2.05, 4.69) is 0 Å². The molecule has 0 radical (unpaired) electrons. The maximum atomic E-state index is 12.9. The number of piperidine rings is 1. The molecule has 2 fully saturated rings. The first kappa shape index (κ1) is 21.2. The molecule has 2 aliphatic rings. The number of nitrogens with zero attached hydrogens (tertiary/aromatic N) is 2. The molecule has 140 valence electrons. The van der Waals surface area contributed by atoms with Crippen molar-refractivity contribution < 1.29 is 14.3 Å². The van der Waals surface area contributed by atoms with Crippen LogP contribution in [-0.2, 0) is 14.3 Å². The molecule has 2 rings (SSSR count). The molecule has 0 aromatic heterocycles. The Kier molecular flexibility index (Phi) is 9.02. The summed E-state index contributed by atoms with van der Waals surface area (Å²) in [5.41, 5.74) is 5.47. The van der Waals surface area contributed by atoms with Crippen molar-refractivity contribution >= 4 is 24.2 Å². The number of hydrogen-bond acceptors (Lipinski definition) is 4. The highest BCUT2D eigenvalue weighted by atomic mass is 35.5. The molecule has 0 bridgehead atoms. The first-order valence-corrected chi connectivity index (χ1v) is 8.94. The monoisotopic (exact) mass is 361 g/mol. The predicted molar refractivity (Wildman–Crippen MR) is 96.0 cm³/mol. The van der Waals surface area contributed by atoms with Gasteiger partial charge in [0.2, 0.25) is 11.8 Å². The molecule has 2 N–H and O–H groups in total. The highest BCUT2D eigenvalue weighted by Crippen LogP contribution is 2.23. The summed E-state index contributed by atoms with van der Waals surface area (Å²) in [6.45, 7) is 7.55. The maximum absolute atomic E-state index is 12.9. The fraction of sp³-hybridized carbons (Fsp3) is 0.882. The second-order valence-electron chi connectivity index (χ2n) is 6.92. The standard InChI is InChI=1S/C17H31N3O3.ClH/c1-13(2)16(20-9-3-5-15(20)21)17(22)19-10-6-14(7-11-19)23-12-4-8-18;/h13-14,16H,3-12,18H2,1-2H3;1H. The van der Waals surface area contributed by atoms with Crippen molar-refractivity contribution in [3.63, 3.8) is 0 Å². The minimum absolute atomic E-state index is 0. The first-order valence-electron chi connectivity index (χ1n) is 8.94. The first-order chi connectivity index (χ1) is 11.0. The van der Waals surface area contributed by atoms with E-state index < -0.39 is 0 Å². The fourth-order valence-electron chi connectivity index (χ4n) is 3.50. The van der Waals surface area contributed by atoms with Gasteiger partial charge in [-0.1, -0.05) is 13.8 Å². The predicted octanol–water partition coefficient (Wildman–Crippen LogP) is 1.41. The van der Waals surface area contributed by atoms with Crippen molar-refractivity contribution in [1.82, 2.24) is 9.80 Å². The average Bonchev–Trinajstić information content (AvgIpc) is 2.94. The van der Waals surface area contributed by atoms with Crippen LogP contribution in [0.1, 0.15) is 46.0 Å². The average molecular weight is 362 g/mol. The van der Waals surface area contributed by atoms with E-state index in [9.17, 15) is 9.59 Å². The van der Waals surface area contributed by atoms with Crippen molar-refractivity contribution in [2.24, 2.45) is 11.7 Å². The van der Waals surface area contributed by atoms with Crippen LogP contribution in [0, 0.1) is 5.92 Å². The number of likely N-dealkylation sites (tertiary alicyclic amines) is 2. The summed E-state index contributed by atoms with van der Waals surface area (Å²) >= 11 is 0. The highest BCUT2D eigenvalue weighted by molar-refractivity contribution is 5.89. The number of rotatable bonds is 7. The van der Waals surface area contributed by atoms with E-state index in [1.165, 1.54) is 0 Å². The summed E-state index contributed by atoms with van der Waals surface area (Å²) in [7, 11) is 0. The van der Waals surface area contributed by atoms with Crippen molar-refractivity contribution in [3.05, 3.63) is 0 Å². The zero-order valence-corrected chi connectivity index (χ0v) is 15.7. The van der Waals surface area contributed by atoms with Gasteiger partial charge in [-0.15, -0.1) is 12.4 Å². The van der Waals surface area contributed by atoms with Crippen LogP contribution in [0.15, 0.2) is 0 Å². The summed E-state index contributed by atoms with van der Waals surface area (Å²) in [4.78, 5) is 28.6. The molecule has 0 saturated carbocycles. The number of ether oxygens (including phenoxy) is 1. The van der Waals surface area contributed by atoms with E-state index in [0.717, 1.165) is 38.8 Å².